The third-order valence-electron chi connectivity index (χ3n) is 6.28. The molecule has 2 fully saturated rings. The molecule has 0 unspecified atom stereocenters. The van der Waals surface area contributed by atoms with Crippen molar-refractivity contribution in [2.75, 3.05) is 13.2 Å². The Balaban J connectivity index is 1.54. The molecule has 5 nitrogen and oxygen atoms in total. The number of hydrogen-bond acceptors (Lipinski definition) is 3. The number of fused-ring (bicyclic) bond motifs is 1. The molecule has 0 N–H and O–H groups in total. The topological polar surface area (TPSA) is 47.4 Å². The highest BCUT2D eigenvalue weighted by Crippen LogP contribution is 2.53. The van der Waals surface area contributed by atoms with E-state index in [1.165, 1.54) is 24.8 Å². The van der Waals surface area contributed by atoms with Gasteiger partial charge < -0.3 is 9.64 Å². The number of rotatable bonds is 4. The van der Waals surface area contributed by atoms with Gasteiger partial charge in [-0.25, -0.2) is 0 Å². The molecule has 0 spiro atoms. The standard InChI is InChI=1S/C21H27N3O2/c1-15-20(16(2)23(3)22-15)26-14-19(25)24-13-18-11-7-8-12-21(18,24)17-9-5-4-6-10-17/h4-6,9-10,18H,7-8,11-14H2,1-3H3/t18-,21-/m1/s1. The third-order valence-corrected chi connectivity index (χ3v) is 6.28. The molecule has 0 radical (unpaired) electrons. The fourth-order valence-corrected chi connectivity index (χ4v) is 4.86. The Morgan fingerprint density at radius 2 is 2.04 bits per heavy atom. The maximum atomic E-state index is 13.0. The molecule has 0 bridgehead atoms. The largest absolute Gasteiger partial charge is 0.480 e. The number of aromatic nitrogens is 2. The Kier molecular flexibility index (Phi) is 4.25. The minimum atomic E-state index is -0.126. The van der Waals surface area contributed by atoms with Gasteiger partial charge in [0.15, 0.2) is 12.4 Å². The van der Waals surface area contributed by atoms with Gasteiger partial charge in [0.1, 0.15) is 5.69 Å². The van der Waals surface area contributed by atoms with E-state index >= 15 is 0 Å². The normalized spacial score (nSPS) is 24.7. The number of ether oxygens (including phenoxy) is 1. The van der Waals surface area contributed by atoms with Crippen LogP contribution in [-0.4, -0.2) is 33.7 Å². The van der Waals surface area contributed by atoms with Gasteiger partial charge >= 0.3 is 0 Å². The van der Waals surface area contributed by atoms with Crippen LogP contribution >= 0.6 is 0 Å². The molecule has 1 amide bonds. The van der Waals surface area contributed by atoms with Gasteiger partial charge in [-0.15, -0.1) is 0 Å². The second kappa shape index (κ2) is 6.45. The second-order valence-corrected chi connectivity index (χ2v) is 7.65. The van der Waals surface area contributed by atoms with Gasteiger partial charge in [-0.1, -0.05) is 43.2 Å². The summed E-state index contributed by atoms with van der Waals surface area (Å²) in [5, 5.41) is 4.36. The Morgan fingerprint density at radius 1 is 1.27 bits per heavy atom. The van der Waals surface area contributed by atoms with E-state index in [0.29, 0.717) is 5.92 Å². The van der Waals surface area contributed by atoms with Gasteiger partial charge in [0.2, 0.25) is 0 Å². The first kappa shape index (κ1) is 17.1. The van der Waals surface area contributed by atoms with Gasteiger partial charge in [0, 0.05) is 19.5 Å². The van der Waals surface area contributed by atoms with Crippen molar-refractivity contribution in [2.24, 2.45) is 13.0 Å². The predicted molar refractivity (Wildman–Crippen MR) is 100.0 cm³/mol. The number of hydrogen-bond donors (Lipinski definition) is 0. The smallest absolute Gasteiger partial charge is 0.261 e. The van der Waals surface area contributed by atoms with Crippen molar-refractivity contribution in [1.29, 1.82) is 0 Å². The molecule has 1 aromatic carbocycles. The van der Waals surface area contributed by atoms with Crippen molar-refractivity contribution in [3.8, 4) is 5.75 Å². The van der Waals surface area contributed by atoms with Crippen molar-refractivity contribution in [1.82, 2.24) is 14.7 Å². The summed E-state index contributed by atoms with van der Waals surface area (Å²) in [4.78, 5) is 15.1. The zero-order chi connectivity index (χ0) is 18.3. The van der Waals surface area contributed by atoms with Crippen molar-refractivity contribution in [3.63, 3.8) is 0 Å². The number of nitrogens with zero attached hydrogens (tertiary/aromatic N) is 3. The maximum absolute atomic E-state index is 13.0. The lowest BCUT2D eigenvalue weighted by Crippen LogP contribution is -2.68. The summed E-state index contributed by atoms with van der Waals surface area (Å²) < 4.78 is 7.69. The molecule has 1 saturated carbocycles. The first-order valence-electron chi connectivity index (χ1n) is 9.53. The molecule has 5 heteroatoms. The number of benzene rings is 1. The van der Waals surface area contributed by atoms with E-state index in [2.05, 4.69) is 34.3 Å². The van der Waals surface area contributed by atoms with Crippen molar-refractivity contribution >= 4 is 5.91 Å². The van der Waals surface area contributed by atoms with E-state index in [0.717, 1.165) is 30.1 Å². The van der Waals surface area contributed by atoms with Gasteiger partial charge in [-0.05, 0) is 32.3 Å². The quantitative estimate of drug-likeness (QED) is 0.847. The second-order valence-electron chi connectivity index (χ2n) is 7.65. The van der Waals surface area contributed by atoms with Crippen molar-refractivity contribution in [2.45, 2.75) is 45.1 Å². The number of aryl methyl sites for hydroxylation is 2. The van der Waals surface area contributed by atoms with Gasteiger partial charge in [0.05, 0.1) is 11.2 Å². The summed E-state index contributed by atoms with van der Waals surface area (Å²) in [5.74, 6) is 1.38. The Hall–Kier alpha value is -2.30. The lowest BCUT2D eigenvalue weighted by atomic mass is 9.61. The van der Waals surface area contributed by atoms with Gasteiger partial charge in [-0.2, -0.15) is 5.10 Å². The molecule has 2 heterocycles. The van der Waals surface area contributed by atoms with Crippen LogP contribution in [0.25, 0.3) is 0 Å². The van der Waals surface area contributed by atoms with Crippen LogP contribution in [-0.2, 0) is 17.4 Å². The highest BCUT2D eigenvalue weighted by Gasteiger charge is 2.56. The van der Waals surface area contributed by atoms with E-state index in [1.807, 2.05) is 27.0 Å². The molecule has 138 valence electrons. The van der Waals surface area contributed by atoms with Crippen LogP contribution in [0.1, 0.15) is 42.6 Å². The fraction of sp³-hybridized carbons (Fsp3) is 0.524. The number of carbonyl (C=O) groups is 1. The third kappa shape index (κ3) is 2.52. The minimum absolute atomic E-state index is 0.0781. The SMILES string of the molecule is Cc1nn(C)c(C)c1OCC(=O)N1C[C@H]2CCCC[C@@]21c1ccccc1. The Labute approximate surface area is 154 Å². The van der Waals surface area contributed by atoms with E-state index in [-0.39, 0.29) is 18.1 Å². The van der Waals surface area contributed by atoms with Crippen LogP contribution in [0.2, 0.25) is 0 Å². The van der Waals surface area contributed by atoms with Gasteiger partial charge in [-0.3, -0.25) is 9.48 Å². The van der Waals surface area contributed by atoms with E-state index in [1.54, 1.807) is 4.68 Å². The summed E-state index contributed by atoms with van der Waals surface area (Å²) in [6.07, 6.45) is 4.71. The molecular weight excluding hydrogens is 326 g/mol. The maximum Gasteiger partial charge on any atom is 0.261 e. The number of carbonyl (C=O) groups excluding carboxylic acids is 1. The molecule has 1 aliphatic heterocycles. The molecule has 1 aromatic heterocycles. The summed E-state index contributed by atoms with van der Waals surface area (Å²) in [6, 6.07) is 10.5. The first-order valence-corrected chi connectivity index (χ1v) is 9.53. The van der Waals surface area contributed by atoms with E-state index < -0.39 is 0 Å². The molecule has 26 heavy (non-hydrogen) atoms. The van der Waals surface area contributed by atoms with E-state index in [4.69, 9.17) is 4.74 Å². The molecule has 2 aromatic rings. The highest BCUT2D eigenvalue weighted by atomic mass is 16.5. The Morgan fingerprint density at radius 3 is 2.69 bits per heavy atom. The monoisotopic (exact) mass is 353 g/mol. The highest BCUT2D eigenvalue weighted by molar-refractivity contribution is 5.80. The lowest BCUT2D eigenvalue weighted by Gasteiger charge is -2.61. The van der Waals surface area contributed by atoms with Crippen LogP contribution < -0.4 is 4.74 Å². The fourth-order valence-electron chi connectivity index (χ4n) is 4.86. The summed E-state index contributed by atoms with van der Waals surface area (Å²) >= 11 is 0. The average molecular weight is 353 g/mol. The molecule has 1 aliphatic carbocycles. The van der Waals surface area contributed by atoms with Crippen LogP contribution in [0.5, 0.6) is 5.75 Å². The van der Waals surface area contributed by atoms with Crippen LogP contribution in [0.3, 0.4) is 0 Å². The minimum Gasteiger partial charge on any atom is -0.480 e. The molecule has 4 rings (SSSR count). The number of likely N-dealkylation sites (tertiary alicyclic amines) is 1. The molecule has 2 aliphatic rings. The first-order chi connectivity index (χ1) is 12.5. The summed E-state index contributed by atoms with van der Waals surface area (Å²) in [6.45, 7) is 4.81. The van der Waals surface area contributed by atoms with Crippen LogP contribution in [0, 0.1) is 19.8 Å². The van der Waals surface area contributed by atoms with Crippen molar-refractivity contribution in [3.05, 3.63) is 47.3 Å². The zero-order valence-corrected chi connectivity index (χ0v) is 15.9. The summed E-state index contributed by atoms with van der Waals surface area (Å²) in [5.41, 5.74) is 2.93. The van der Waals surface area contributed by atoms with Gasteiger partial charge in [0.25, 0.3) is 5.91 Å². The van der Waals surface area contributed by atoms with Crippen molar-refractivity contribution < 1.29 is 9.53 Å². The van der Waals surface area contributed by atoms with E-state index in [9.17, 15) is 4.79 Å². The number of amides is 1. The molecule has 1 saturated heterocycles. The van der Waals surface area contributed by atoms with Crippen LogP contribution in [0.15, 0.2) is 30.3 Å². The zero-order valence-electron chi connectivity index (χ0n) is 15.9. The Bertz CT molecular complexity index is 814. The lowest BCUT2D eigenvalue weighted by molar-refractivity contribution is -0.168. The predicted octanol–water partition coefficient (Wildman–Crippen LogP) is 3.34. The molecular formula is C21H27N3O2. The summed E-state index contributed by atoms with van der Waals surface area (Å²) in [7, 11) is 1.89. The molecule has 2 atom stereocenters. The average Bonchev–Trinajstić information content (AvgIpc) is 2.87. The van der Waals surface area contributed by atoms with Crippen LogP contribution in [0.4, 0.5) is 0 Å².